The van der Waals surface area contributed by atoms with Crippen molar-refractivity contribution in [3.05, 3.63) is 11.9 Å². The molecule has 1 saturated heterocycles. The molecule has 5 heteroatoms. The van der Waals surface area contributed by atoms with E-state index < -0.39 is 0 Å². The summed E-state index contributed by atoms with van der Waals surface area (Å²) in [6, 6.07) is 2.11. The quantitative estimate of drug-likeness (QED) is 0.798. The SMILES string of the molecule is COc1cc(N2CCC[C@@H](N)C2)nc(C)n1. The summed E-state index contributed by atoms with van der Waals surface area (Å²) in [6.07, 6.45) is 2.21. The minimum atomic E-state index is 0.245. The normalized spacial score (nSPS) is 20.9. The maximum atomic E-state index is 5.95. The fraction of sp³-hybridized carbons (Fsp3) is 0.636. The van der Waals surface area contributed by atoms with Crippen molar-refractivity contribution >= 4 is 5.82 Å². The van der Waals surface area contributed by atoms with Gasteiger partial charge in [0.15, 0.2) is 0 Å². The van der Waals surface area contributed by atoms with Gasteiger partial charge < -0.3 is 15.4 Å². The van der Waals surface area contributed by atoms with Crippen molar-refractivity contribution in [2.75, 3.05) is 25.1 Å². The molecular formula is C11H18N4O. The highest BCUT2D eigenvalue weighted by Gasteiger charge is 2.18. The Bertz CT molecular complexity index is 369. The fourth-order valence-electron chi connectivity index (χ4n) is 2.01. The van der Waals surface area contributed by atoms with Gasteiger partial charge in [0.1, 0.15) is 11.6 Å². The number of rotatable bonds is 2. The predicted octanol–water partition coefficient (Wildman–Crippen LogP) is 0.721. The molecule has 1 fully saturated rings. The van der Waals surface area contributed by atoms with Crippen molar-refractivity contribution < 1.29 is 4.74 Å². The molecule has 1 aliphatic rings. The van der Waals surface area contributed by atoms with Gasteiger partial charge in [-0.2, -0.15) is 4.98 Å². The molecule has 88 valence electrons. The van der Waals surface area contributed by atoms with E-state index in [1.54, 1.807) is 7.11 Å². The Hall–Kier alpha value is -1.36. The molecule has 1 aliphatic heterocycles. The largest absolute Gasteiger partial charge is 0.481 e. The second-order valence-electron chi connectivity index (χ2n) is 4.16. The van der Waals surface area contributed by atoms with Crippen LogP contribution in [0.1, 0.15) is 18.7 Å². The van der Waals surface area contributed by atoms with E-state index in [4.69, 9.17) is 10.5 Å². The zero-order chi connectivity index (χ0) is 11.5. The van der Waals surface area contributed by atoms with E-state index in [2.05, 4.69) is 14.9 Å². The van der Waals surface area contributed by atoms with Gasteiger partial charge in [-0.05, 0) is 19.8 Å². The van der Waals surface area contributed by atoms with Crippen LogP contribution in [0.3, 0.4) is 0 Å². The van der Waals surface area contributed by atoms with Crippen LogP contribution in [0.15, 0.2) is 6.07 Å². The van der Waals surface area contributed by atoms with Gasteiger partial charge in [0.25, 0.3) is 0 Å². The molecule has 0 saturated carbocycles. The molecule has 0 spiro atoms. The van der Waals surface area contributed by atoms with Crippen LogP contribution >= 0.6 is 0 Å². The average Bonchev–Trinajstić information content (AvgIpc) is 2.28. The lowest BCUT2D eigenvalue weighted by Gasteiger charge is -2.31. The second-order valence-corrected chi connectivity index (χ2v) is 4.16. The van der Waals surface area contributed by atoms with E-state index in [0.29, 0.717) is 5.88 Å². The number of nitrogens with zero attached hydrogens (tertiary/aromatic N) is 3. The third-order valence-corrected chi connectivity index (χ3v) is 2.79. The smallest absolute Gasteiger partial charge is 0.218 e. The van der Waals surface area contributed by atoms with E-state index in [-0.39, 0.29) is 6.04 Å². The van der Waals surface area contributed by atoms with Crippen molar-refractivity contribution in [3.8, 4) is 5.88 Å². The first-order chi connectivity index (χ1) is 7.69. The molecular weight excluding hydrogens is 204 g/mol. The van der Waals surface area contributed by atoms with Crippen LogP contribution in [-0.2, 0) is 0 Å². The van der Waals surface area contributed by atoms with Crippen LogP contribution in [0, 0.1) is 6.92 Å². The molecule has 0 unspecified atom stereocenters. The Morgan fingerprint density at radius 3 is 3.00 bits per heavy atom. The van der Waals surface area contributed by atoms with E-state index >= 15 is 0 Å². The number of methoxy groups -OCH3 is 1. The van der Waals surface area contributed by atoms with Gasteiger partial charge in [0.2, 0.25) is 5.88 Å². The summed E-state index contributed by atoms with van der Waals surface area (Å²) in [5, 5.41) is 0. The first-order valence-corrected chi connectivity index (χ1v) is 5.59. The summed E-state index contributed by atoms with van der Waals surface area (Å²) >= 11 is 0. The molecule has 5 nitrogen and oxygen atoms in total. The van der Waals surface area contributed by atoms with Gasteiger partial charge in [-0.3, -0.25) is 0 Å². The van der Waals surface area contributed by atoms with E-state index in [1.807, 2.05) is 13.0 Å². The van der Waals surface area contributed by atoms with Gasteiger partial charge in [0.05, 0.1) is 7.11 Å². The molecule has 0 aromatic carbocycles. The Morgan fingerprint density at radius 1 is 1.50 bits per heavy atom. The zero-order valence-corrected chi connectivity index (χ0v) is 9.81. The highest BCUT2D eigenvalue weighted by molar-refractivity contribution is 5.42. The monoisotopic (exact) mass is 222 g/mol. The van der Waals surface area contributed by atoms with Crippen molar-refractivity contribution in [2.24, 2.45) is 5.73 Å². The lowest BCUT2D eigenvalue weighted by molar-refractivity contribution is 0.395. The van der Waals surface area contributed by atoms with Crippen LogP contribution in [-0.4, -0.2) is 36.2 Å². The number of anilines is 1. The lowest BCUT2D eigenvalue weighted by Crippen LogP contribution is -2.43. The third-order valence-electron chi connectivity index (χ3n) is 2.79. The first-order valence-electron chi connectivity index (χ1n) is 5.59. The molecule has 2 N–H and O–H groups in total. The number of nitrogens with two attached hydrogens (primary N) is 1. The first kappa shape index (κ1) is 11.1. The highest BCUT2D eigenvalue weighted by Crippen LogP contribution is 2.20. The van der Waals surface area contributed by atoms with Crippen LogP contribution in [0.2, 0.25) is 0 Å². The number of piperidine rings is 1. The zero-order valence-electron chi connectivity index (χ0n) is 9.81. The molecule has 1 aromatic rings. The molecule has 1 aromatic heterocycles. The van der Waals surface area contributed by atoms with Crippen molar-refractivity contribution in [1.29, 1.82) is 0 Å². The van der Waals surface area contributed by atoms with Crippen LogP contribution < -0.4 is 15.4 Å². The molecule has 0 radical (unpaired) electrons. The van der Waals surface area contributed by atoms with Crippen LogP contribution in [0.25, 0.3) is 0 Å². The molecule has 0 bridgehead atoms. The van der Waals surface area contributed by atoms with E-state index in [1.165, 1.54) is 0 Å². The standard InChI is InChI=1S/C11H18N4O/c1-8-13-10(6-11(14-8)16-2)15-5-3-4-9(12)7-15/h6,9H,3-5,7,12H2,1-2H3/t9-/m1/s1. The molecule has 2 heterocycles. The Kier molecular flexibility index (Phi) is 3.24. The van der Waals surface area contributed by atoms with Gasteiger partial charge in [-0.15, -0.1) is 0 Å². The van der Waals surface area contributed by atoms with Crippen LogP contribution in [0.4, 0.5) is 5.82 Å². The minimum absolute atomic E-state index is 0.245. The number of hydrogen-bond acceptors (Lipinski definition) is 5. The Balaban J connectivity index is 2.21. The number of aromatic nitrogens is 2. The minimum Gasteiger partial charge on any atom is -0.481 e. The predicted molar refractivity (Wildman–Crippen MR) is 62.7 cm³/mol. The Labute approximate surface area is 95.6 Å². The van der Waals surface area contributed by atoms with E-state index in [9.17, 15) is 0 Å². The van der Waals surface area contributed by atoms with Crippen molar-refractivity contribution in [2.45, 2.75) is 25.8 Å². The number of hydrogen-bond donors (Lipinski definition) is 1. The molecule has 16 heavy (non-hydrogen) atoms. The number of aryl methyl sites for hydroxylation is 1. The average molecular weight is 222 g/mol. The highest BCUT2D eigenvalue weighted by atomic mass is 16.5. The van der Waals surface area contributed by atoms with Crippen molar-refractivity contribution in [3.63, 3.8) is 0 Å². The molecule has 0 amide bonds. The van der Waals surface area contributed by atoms with Gasteiger partial charge >= 0.3 is 0 Å². The molecule has 0 aliphatic carbocycles. The van der Waals surface area contributed by atoms with Crippen LogP contribution in [0.5, 0.6) is 5.88 Å². The number of ether oxygens (including phenoxy) is 1. The third kappa shape index (κ3) is 2.41. The Morgan fingerprint density at radius 2 is 2.31 bits per heavy atom. The maximum Gasteiger partial charge on any atom is 0.218 e. The fourth-order valence-corrected chi connectivity index (χ4v) is 2.01. The summed E-state index contributed by atoms with van der Waals surface area (Å²) < 4.78 is 5.14. The summed E-state index contributed by atoms with van der Waals surface area (Å²) in [5.74, 6) is 2.26. The molecule has 2 rings (SSSR count). The van der Waals surface area contributed by atoms with Gasteiger partial charge in [-0.25, -0.2) is 4.98 Å². The van der Waals surface area contributed by atoms with Gasteiger partial charge in [-0.1, -0.05) is 0 Å². The van der Waals surface area contributed by atoms with Crippen molar-refractivity contribution in [1.82, 2.24) is 9.97 Å². The summed E-state index contributed by atoms with van der Waals surface area (Å²) in [7, 11) is 1.62. The maximum absolute atomic E-state index is 5.95. The van der Waals surface area contributed by atoms with Gasteiger partial charge in [0, 0.05) is 25.2 Å². The summed E-state index contributed by atoms with van der Waals surface area (Å²) in [5.41, 5.74) is 5.95. The molecule has 1 atom stereocenters. The summed E-state index contributed by atoms with van der Waals surface area (Å²) in [6.45, 7) is 3.74. The second kappa shape index (κ2) is 4.65. The summed E-state index contributed by atoms with van der Waals surface area (Å²) in [4.78, 5) is 10.8. The topological polar surface area (TPSA) is 64.3 Å². The van der Waals surface area contributed by atoms with E-state index in [0.717, 1.165) is 37.6 Å². The lowest BCUT2D eigenvalue weighted by atomic mass is 10.1.